The third-order valence-corrected chi connectivity index (χ3v) is 4.82. The molecule has 1 aromatic rings. The number of ether oxygens (including phenoxy) is 1. The fourth-order valence-corrected chi connectivity index (χ4v) is 3.19. The van der Waals surface area contributed by atoms with Crippen molar-refractivity contribution in [3.8, 4) is 5.75 Å². The van der Waals surface area contributed by atoms with Crippen molar-refractivity contribution >= 4 is 10.0 Å². The van der Waals surface area contributed by atoms with Gasteiger partial charge in [-0.15, -0.1) is 0 Å². The van der Waals surface area contributed by atoms with Gasteiger partial charge in [0.25, 0.3) is 0 Å². The number of rotatable bonds is 6. The average molecular weight is 285 g/mol. The fraction of sp³-hybridized carbons (Fsp3) is 0.571. The first-order chi connectivity index (χ1) is 8.79. The molecule has 0 radical (unpaired) electrons. The summed E-state index contributed by atoms with van der Waals surface area (Å²) in [6, 6.07) is 3.29. The van der Waals surface area contributed by atoms with Crippen LogP contribution in [0.15, 0.2) is 17.0 Å². The standard InChI is InChI=1S/C14H23NO3S/c1-10(2)8-9-15-19(16,17)14-7-6-13(18-5)11(3)12(14)4/h6-7,10,15H,8-9H2,1-5H3. The van der Waals surface area contributed by atoms with Crippen molar-refractivity contribution in [1.82, 2.24) is 4.72 Å². The molecule has 0 fully saturated rings. The van der Waals surface area contributed by atoms with Crippen LogP contribution in [0.2, 0.25) is 0 Å². The zero-order valence-corrected chi connectivity index (χ0v) is 13.1. The zero-order chi connectivity index (χ0) is 14.6. The van der Waals surface area contributed by atoms with E-state index in [-0.39, 0.29) is 0 Å². The van der Waals surface area contributed by atoms with Crippen LogP contribution in [0.5, 0.6) is 5.75 Å². The minimum atomic E-state index is -3.44. The summed E-state index contributed by atoms with van der Waals surface area (Å²) in [5.41, 5.74) is 1.59. The lowest BCUT2D eigenvalue weighted by molar-refractivity contribution is 0.410. The molecule has 0 aliphatic rings. The average Bonchev–Trinajstić information content (AvgIpc) is 2.31. The van der Waals surface area contributed by atoms with Gasteiger partial charge in [0.05, 0.1) is 12.0 Å². The molecule has 0 aliphatic heterocycles. The normalized spacial score (nSPS) is 11.9. The number of nitrogens with one attached hydrogen (secondary N) is 1. The van der Waals surface area contributed by atoms with Crippen LogP contribution in [0.4, 0.5) is 0 Å². The van der Waals surface area contributed by atoms with E-state index in [1.807, 2.05) is 6.92 Å². The van der Waals surface area contributed by atoms with Crippen LogP contribution in [0, 0.1) is 19.8 Å². The van der Waals surface area contributed by atoms with Gasteiger partial charge in [0, 0.05) is 6.54 Å². The van der Waals surface area contributed by atoms with Crippen LogP contribution < -0.4 is 9.46 Å². The number of methoxy groups -OCH3 is 1. The van der Waals surface area contributed by atoms with Gasteiger partial charge < -0.3 is 4.74 Å². The van der Waals surface area contributed by atoms with E-state index < -0.39 is 10.0 Å². The summed E-state index contributed by atoms with van der Waals surface area (Å²) in [4.78, 5) is 0.328. The number of hydrogen-bond donors (Lipinski definition) is 1. The van der Waals surface area contributed by atoms with E-state index >= 15 is 0 Å². The predicted molar refractivity (Wildman–Crippen MR) is 77.1 cm³/mol. The van der Waals surface area contributed by atoms with Gasteiger partial charge in [-0.2, -0.15) is 0 Å². The Kier molecular flexibility index (Phi) is 5.38. The Morgan fingerprint density at radius 2 is 1.84 bits per heavy atom. The van der Waals surface area contributed by atoms with Crippen molar-refractivity contribution in [2.75, 3.05) is 13.7 Å². The highest BCUT2D eigenvalue weighted by Crippen LogP contribution is 2.26. The van der Waals surface area contributed by atoms with Gasteiger partial charge >= 0.3 is 0 Å². The van der Waals surface area contributed by atoms with Gasteiger partial charge in [-0.1, -0.05) is 13.8 Å². The first-order valence-corrected chi connectivity index (χ1v) is 7.91. The van der Waals surface area contributed by atoms with Crippen molar-refractivity contribution in [2.24, 2.45) is 5.92 Å². The highest BCUT2D eigenvalue weighted by atomic mass is 32.2. The maximum absolute atomic E-state index is 12.2. The molecule has 19 heavy (non-hydrogen) atoms. The van der Waals surface area contributed by atoms with Crippen LogP contribution in [0.1, 0.15) is 31.4 Å². The van der Waals surface area contributed by atoms with Crippen LogP contribution >= 0.6 is 0 Å². The van der Waals surface area contributed by atoms with Crippen LogP contribution in [-0.4, -0.2) is 22.1 Å². The van der Waals surface area contributed by atoms with Crippen molar-refractivity contribution in [3.05, 3.63) is 23.3 Å². The highest BCUT2D eigenvalue weighted by molar-refractivity contribution is 7.89. The molecule has 0 bridgehead atoms. The minimum Gasteiger partial charge on any atom is -0.496 e. The lowest BCUT2D eigenvalue weighted by Crippen LogP contribution is -2.26. The summed E-state index contributed by atoms with van der Waals surface area (Å²) in [7, 11) is -1.86. The van der Waals surface area contributed by atoms with Gasteiger partial charge in [-0.3, -0.25) is 0 Å². The summed E-state index contributed by atoms with van der Waals surface area (Å²) in [5.74, 6) is 1.18. The van der Waals surface area contributed by atoms with Crippen molar-refractivity contribution in [2.45, 2.75) is 39.0 Å². The monoisotopic (exact) mass is 285 g/mol. The Hall–Kier alpha value is -1.07. The van der Waals surface area contributed by atoms with Crippen molar-refractivity contribution in [1.29, 1.82) is 0 Å². The molecule has 0 spiro atoms. The Bertz CT molecular complexity index is 536. The van der Waals surface area contributed by atoms with E-state index in [0.29, 0.717) is 23.1 Å². The third-order valence-electron chi connectivity index (χ3n) is 3.21. The molecular formula is C14H23NO3S. The summed E-state index contributed by atoms with van der Waals surface area (Å²) in [6.07, 6.45) is 0.827. The number of sulfonamides is 1. The topological polar surface area (TPSA) is 55.4 Å². The Morgan fingerprint density at radius 1 is 1.21 bits per heavy atom. The lowest BCUT2D eigenvalue weighted by atomic mass is 10.1. The summed E-state index contributed by atoms with van der Waals surface area (Å²) in [6.45, 7) is 8.26. The van der Waals surface area contributed by atoms with E-state index in [0.717, 1.165) is 17.5 Å². The van der Waals surface area contributed by atoms with Gasteiger partial charge in [-0.05, 0) is 49.4 Å². The van der Waals surface area contributed by atoms with Gasteiger partial charge in [0.1, 0.15) is 5.75 Å². The van der Waals surface area contributed by atoms with Crippen molar-refractivity contribution < 1.29 is 13.2 Å². The predicted octanol–water partition coefficient (Wildman–Crippen LogP) is 2.64. The Morgan fingerprint density at radius 3 is 2.37 bits per heavy atom. The molecule has 0 amide bonds. The molecule has 0 saturated heterocycles. The lowest BCUT2D eigenvalue weighted by Gasteiger charge is -2.14. The molecule has 4 nitrogen and oxygen atoms in total. The molecule has 108 valence electrons. The SMILES string of the molecule is COc1ccc(S(=O)(=O)NCCC(C)C)c(C)c1C. The molecule has 0 atom stereocenters. The summed E-state index contributed by atoms with van der Waals surface area (Å²) >= 11 is 0. The summed E-state index contributed by atoms with van der Waals surface area (Å²) < 4.78 is 32.3. The van der Waals surface area contributed by atoms with Gasteiger partial charge in [0.2, 0.25) is 10.0 Å². The zero-order valence-electron chi connectivity index (χ0n) is 12.3. The Labute approximate surface area is 116 Å². The van der Waals surface area contributed by atoms with E-state index in [1.54, 1.807) is 26.2 Å². The second-order valence-corrected chi connectivity index (χ2v) is 6.83. The molecule has 5 heteroatoms. The first kappa shape index (κ1) is 16.0. The second-order valence-electron chi connectivity index (χ2n) is 5.10. The molecule has 1 aromatic carbocycles. The van der Waals surface area contributed by atoms with E-state index in [9.17, 15) is 8.42 Å². The largest absolute Gasteiger partial charge is 0.496 e. The number of benzene rings is 1. The van der Waals surface area contributed by atoms with Gasteiger partial charge in [-0.25, -0.2) is 13.1 Å². The first-order valence-electron chi connectivity index (χ1n) is 6.43. The fourth-order valence-electron chi connectivity index (χ4n) is 1.84. The molecule has 1 N–H and O–H groups in total. The van der Waals surface area contributed by atoms with Crippen LogP contribution in [-0.2, 0) is 10.0 Å². The van der Waals surface area contributed by atoms with Crippen molar-refractivity contribution in [3.63, 3.8) is 0 Å². The molecule has 0 aromatic heterocycles. The maximum Gasteiger partial charge on any atom is 0.240 e. The molecule has 0 unspecified atom stereocenters. The molecular weight excluding hydrogens is 262 g/mol. The highest BCUT2D eigenvalue weighted by Gasteiger charge is 2.18. The van der Waals surface area contributed by atoms with E-state index in [1.165, 1.54) is 0 Å². The Balaban J connectivity index is 2.99. The van der Waals surface area contributed by atoms with Crippen LogP contribution in [0.25, 0.3) is 0 Å². The molecule has 0 saturated carbocycles. The van der Waals surface area contributed by atoms with Gasteiger partial charge in [0.15, 0.2) is 0 Å². The minimum absolute atomic E-state index is 0.328. The second kappa shape index (κ2) is 6.39. The molecule has 0 heterocycles. The molecule has 0 aliphatic carbocycles. The smallest absolute Gasteiger partial charge is 0.240 e. The van der Waals surface area contributed by atoms with E-state index in [4.69, 9.17) is 4.74 Å². The summed E-state index contributed by atoms with van der Waals surface area (Å²) in [5, 5.41) is 0. The third kappa shape index (κ3) is 3.94. The molecule has 1 rings (SSSR count). The quantitative estimate of drug-likeness (QED) is 0.874. The maximum atomic E-state index is 12.2. The number of hydrogen-bond acceptors (Lipinski definition) is 3. The van der Waals surface area contributed by atoms with E-state index in [2.05, 4.69) is 18.6 Å². The van der Waals surface area contributed by atoms with Crippen LogP contribution in [0.3, 0.4) is 0 Å².